The van der Waals surface area contributed by atoms with Crippen LogP contribution in [0.25, 0.3) is 0 Å². The number of benzene rings is 2. The van der Waals surface area contributed by atoms with E-state index in [0.717, 1.165) is 6.26 Å². The number of aromatic hydroxyl groups is 1. The zero-order chi connectivity index (χ0) is 20.5. The first-order chi connectivity index (χ1) is 13.2. The highest BCUT2D eigenvalue weighted by atomic mass is 32.2. The van der Waals surface area contributed by atoms with Gasteiger partial charge in [0, 0.05) is 24.6 Å². The number of hydrogen-bond acceptors (Lipinski definition) is 6. The SMILES string of the molecule is COc1cccc([C@@H]2CC(c3cccc(NS(C)(=O)=O)c3)=NN2C(C)=O)c1O. The summed E-state index contributed by atoms with van der Waals surface area (Å²) in [7, 11) is -1.95. The quantitative estimate of drug-likeness (QED) is 0.797. The van der Waals surface area contributed by atoms with Crippen LogP contribution in [0.5, 0.6) is 11.5 Å². The minimum Gasteiger partial charge on any atom is -0.504 e. The first kappa shape index (κ1) is 19.7. The monoisotopic (exact) mass is 403 g/mol. The number of nitrogens with one attached hydrogen (secondary N) is 1. The van der Waals surface area contributed by atoms with Crippen molar-refractivity contribution in [3.8, 4) is 11.5 Å². The Morgan fingerprint density at radius 3 is 2.64 bits per heavy atom. The summed E-state index contributed by atoms with van der Waals surface area (Å²) >= 11 is 0. The van der Waals surface area contributed by atoms with Crippen LogP contribution in [0.2, 0.25) is 0 Å². The molecule has 0 aromatic heterocycles. The molecule has 3 rings (SSSR count). The number of ether oxygens (including phenoxy) is 1. The minimum atomic E-state index is -3.41. The molecule has 0 saturated heterocycles. The molecule has 0 fully saturated rings. The van der Waals surface area contributed by atoms with Gasteiger partial charge in [0.1, 0.15) is 0 Å². The molecule has 0 spiro atoms. The standard InChI is InChI=1S/C19H21N3O5S/c1-12(23)22-17(15-8-5-9-18(27-2)19(15)24)11-16(20-22)13-6-4-7-14(10-13)21-28(3,25)26/h4-10,17,21,24H,11H2,1-3H3/t17-/m0/s1. The number of phenolic OH excluding ortho intramolecular Hbond substituents is 1. The highest BCUT2D eigenvalue weighted by Crippen LogP contribution is 2.41. The summed E-state index contributed by atoms with van der Waals surface area (Å²) in [5.41, 5.74) is 2.23. The summed E-state index contributed by atoms with van der Waals surface area (Å²) in [6, 6.07) is 11.4. The number of phenols is 1. The summed E-state index contributed by atoms with van der Waals surface area (Å²) in [5.74, 6) is 0.00614. The van der Waals surface area contributed by atoms with Gasteiger partial charge in [0.2, 0.25) is 15.9 Å². The predicted molar refractivity (Wildman–Crippen MR) is 106 cm³/mol. The van der Waals surface area contributed by atoms with Gasteiger partial charge in [-0.1, -0.05) is 24.3 Å². The van der Waals surface area contributed by atoms with Crippen LogP contribution in [0.4, 0.5) is 5.69 Å². The molecule has 1 atom stereocenters. The average molecular weight is 403 g/mol. The Morgan fingerprint density at radius 2 is 2.00 bits per heavy atom. The lowest BCUT2D eigenvalue weighted by atomic mass is 9.97. The van der Waals surface area contributed by atoms with Crippen molar-refractivity contribution < 1.29 is 23.1 Å². The van der Waals surface area contributed by atoms with E-state index in [0.29, 0.717) is 34.7 Å². The molecule has 2 aromatic carbocycles. The van der Waals surface area contributed by atoms with E-state index >= 15 is 0 Å². The van der Waals surface area contributed by atoms with E-state index in [1.807, 2.05) is 0 Å². The number of rotatable bonds is 5. The summed E-state index contributed by atoms with van der Waals surface area (Å²) in [6.45, 7) is 1.40. The second-order valence-electron chi connectivity index (χ2n) is 6.48. The third-order valence-electron chi connectivity index (χ3n) is 4.34. The highest BCUT2D eigenvalue weighted by Gasteiger charge is 2.33. The molecule has 0 bridgehead atoms. The highest BCUT2D eigenvalue weighted by molar-refractivity contribution is 7.92. The fraction of sp³-hybridized carbons (Fsp3) is 0.263. The van der Waals surface area contributed by atoms with Crippen LogP contribution < -0.4 is 9.46 Å². The van der Waals surface area contributed by atoms with Crippen LogP contribution in [0.3, 0.4) is 0 Å². The molecule has 148 valence electrons. The van der Waals surface area contributed by atoms with Crippen LogP contribution in [0.1, 0.15) is 30.5 Å². The molecule has 0 saturated carbocycles. The molecule has 0 aliphatic carbocycles. The normalized spacial score (nSPS) is 16.6. The van der Waals surface area contributed by atoms with Crippen molar-refractivity contribution in [3.63, 3.8) is 0 Å². The van der Waals surface area contributed by atoms with Crippen molar-refractivity contribution in [2.75, 3.05) is 18.1 Å². The number of carbonyl (C=O) groups excluding carboxylic acids is 1. The van der Waals surface area contributed by atoms with Gasteiger partial charge in [-0.3, -0.25) is 9.52 Å². The predicted octanol–water partition coefficient (Wildman–Crippen LogP) is 2.47. The maximum Gasteiger partial charge on any atom is 0.240 e. The molecule has 0 radical (unpaired) electrons. The van der Waals surface area contributed by atoms with Crippen LogP contribution in [0.15, 0.2) is 47.6 Å². The van der Waals surface area contributed by atoms with E-state index in [1.54, 1.807) is 42.5 Å². The number of hydrogen-bond donors (Lipinski definition) is 2. The lowest BCUT2D eigenvalue weighted by molar-refractivity contribution is -0.130. The van der Waals surface area contributed by atoms with Gasteiger partial charge < -0.3 is 9.84 Å². The molecule has 0 unspecified atom stereocenters. The zero-order valence-corrected chi connectivity index (χ0v) is 16.5. The number of sulfonamides is 1. The molecule has 2 N–H and O–H groups in total. The van der Waals surface area contributed by atoms with Crippen molar-refractivity contribution in [2.45, 2.75) is 19.4 Å². The molecular formula is C19H21N3O5S. The van der Waals surface area contributed by atoms with Crippen LogP contribution >= 0.6 is 0 Å². The molecule has 1 amide bonds. The Bertz CT molecular complexity index is 1050. The first-order valence-corrected chi connectivity index (χ1v) is 10.4. The third kappa shape index (κ3) is 4.09. The number of methoxy groups -OCH3 is 1. The number of hydrazone groups is 1. The summed E-state index contributed by atoms with van der Waals surface area (Å²) in [6.07, 6.45) is 1.44. The maximum absolute atomic E-state index is 12.1. The molecule has 2 aromatic rings. The Hall–Kier alpha value is -3.07. The Morgan fingerprint density at radius 1 is 1.29 bits per heavy atom. The molecule has 1 aliphatic rings. The maximum atomic E-state index is 12.1. The van der Waals surface area contributed by atoms with Gasteiger partial charge in [-0.2, -0.15) is 5.10 Å². The Kier molecular flexibility index (Phi) is 5.28. The smallest absolute Gasteiger partial charge is 0.240 e. The van der Waals surface area contributed by atoms with Crippen molar-refractivity contribution in [1.82, 2.24) is 5.01 Å². The van der Waals surface area contributed by atoms with Gasteiger partial charge in [0.15, 0.2) is 11.5 Å². The Labute approximate surface area is 163 Å². The molecular weight excluding hydrogens is 382 g/mol. The van der Waals surface area contributed by atoms with E-state index in [2.05, 4.69) is 9.82 Å². The van der Waals surface area contributed by atoms with Crippen molar-refractivity contribution in [3.05, 3.63) is 53.6 Å². The van der Waals surface area contributed by atoms with Gasteiger partial charge in [0.05, 0.1) is 25.1 Å². The molecule has 1 heterocycles. The number of carbonyl (C=O) groups is 1. The second kappa shape index (κ2) is 7.51. The number of anilines is 1. The van der Waals surface area contributed by atoms with Crippen molar-refractivity contribution in [2.24, 2.45) is 5.10 Å². The number of para-hydroxylation sites is 1. The summed E-state index contributed by atoms with van der Waals surface area (Å²) in [4.78, 5) is 12.1. The van der Waals surface area contributed by atoms with E-state index in [-0.39, 0.29) is 11.7 Å². The molecule has 8 nitrogen and oxygen atoms in total. The third-order valence-corrected chi connectivity index (χ3v) is 4.95. The van der Waals surface area contributed by atoms with E-state index in [1.165, 1.54) is 19.0 Å². The van der Waals surface area contributed by atoms with Crippen molar-refractivity contribution >= 4 is 27.3 Å². The number of nitrogens with zero attached hydrogens (tertiary/aromatic N) is 2. The van der Waals surface area contributed by atoms with Gasteiger partial charge >= 0.3 is 0 Å². The molecule has 1 aliphatic heterocycles. The summed E-state index contributed by atoms with van der Waals surface area (Å²) in [5, 5.41) is 16.2. The molecule has 9 heteroatoms. The van der Waals surface area contributed by atoms with Gasteiger partial charge in [-0.15, -0.1) is 0 Å². The Balaban J connectivity index is 1.97. The van der Waals surface area contributed by atoms with Gasteiger partial charge in [-0.05, 0) is 23.8 Å². The fourth-order valence-electron chi connectivity index (χ4n) is 3.17. The average Bonchev–Trinajstić information content (AvgIpc) is 3.06. The van der Waals surface area contributed by atoms with Gasteiger partial charge in [0.25, 0.3) is 0 Å². The molecule has 28 heavy (non-hydrogen) atoms. The summed E-state index contributed by atoms with van der Waals surface area (Å²) < 4.78 is 30.5. The second-order valence-corrected chi connectivity index (χ2v) is 8.23. The van der Waals surface area contributed by atoms with E-state index in [4.69, 9.17) is 4.74 Å². The minimum absolute atomic E-state index is 0.0369. The van der Waals surface area contributed by atoms with Crippen LogP contribution in [-0.2, 0) is 14.8 Å². The van der Waals surface area contributed by atoms with Gasteiger partial charge in [-0.25, -0.2) is 13.4 Å². The van der Waals surface area contributed by atoms with E-state index in [9.17, 15) is 18.3 Å². The van der Waals surface area contributed by atoms with Crippen molar-refractivity contribution in [1.29, 1.82) is 0 Å². The first-order valence-electron chi connectivity index (χ1n) is 8.51. The number of amides is 1. The van der Waals surface area contributed by atoms with Crippen LogP contribution in [0, 0.1) is 0 Å². The topological polar surface area (TPSA) is 108 Å². The lowest BCUT2D eigenvalue weighted by Gasteiger charge is -2.22. The zero-order valence-electron chi connectivity index (χ0n) is 15.7. The van der Waals surface area contributed by atoms with Crippen LogP contribution in [-0.4, -0.2) is 43.5 Å². The largest absolute Gasteiger partial charge is 0.504 e. The lowest BCUT2D eigenvalue weighted by Crippen LogP contribution is -2.24. The fourth-order valence-corrected chi connectivity index (χ4v) is 3.72. The van der Waals surface area contributed by atoms with E-state index < -0.39 is 16.1 Å².